The zero-order valence-electron chi connectivity index (χ0n) is 16.0. The van der Waals surface area contributed by atoms with Crippen LogP contribution < -0.4 is 5.32 Å². The summed E-state index contributed by atoms with van der Waals surface area (Å²) in [7, 11) is -2.02. The molecule has 0 aromatic heterocycles. The Morgan fingerprint density at radius 3 is 2.45 bits per heavy atom. The Hall–Kier alpha value is -3.27. The van der Waals surface area contributed by atoms with Crippen molar-refractivity contribution in [2.24, 2.45) is 4.40 Å². The summed E-state index contributed by atoms with van der Waals surface area (Å²) in [5.74, 6) is 0.0855. The molecule has 1 aliphatic rings. The van der Waals surface area contributed by atoms with E-state index < -0.39 is 20.9 Å². The van der Waals surface area contributed by atoms with Gasteiger partial charge in [-0.3, -0.25) is 14.9 Å². The second kappa shape index (κ2) is 8.00. The highest BCUT2D eigenvalue weighted by Crippen LogP contribution is 2.21. The molecular formula is C19H20N4O5S. The van der Waals surface area contributed by atoms with Gasteiger partial charge in [0.2, 0.25) is 0 Å². The minimum atomic E-state index is -3.82. The first-order chi connectivity index (χ1) is 13.7. The van der Waals surface area contributed by atoms with Gasteiger partial charge in [0.05, 0.1) is 9.82 Å². The molecule has 0 spiro atoms. The minimum absolute atomic E-state index is 0.0366. The molecule has 1 aliphatic heterocycles. The minimum Gasteiger partial charge on any atom is -0.362 e. The third kappa shape index (κ3) is 4.60. The first kappa shape index (κ1) is 20.5. The van der Waals surface area contributed by atoms with Gasteiger partial charge in [0.1, 0.15) is 5.84 Å². The number of hydrogen-bond acceptors (Lipinski definition) is 5. The topological polar surface area (TPSA) is 122 Å². The van der Waals surface area contributed by atoms with Crippen molar-refractivity contribution in [2.45, 2.75) is 24.7 Å². The molecule has 1 N–H and O–H groups in total. The average molecular weight is 416 g/mol. The summed E-state index contributed by atoms with van der Waals surface area (Å²) >= 11 is 0. The number of hydrogen-bond donors (Lipinski definition) is 1. The fourth-order valence-corrected chi connectivity index (χ4v) is 4.11. The summed E-state index contributed by atoms with van der Waals surface area (Å²) in [6.45, 7) is 2.33. The maximum atomic E-state index is 12.5. The van der Waals surface area contributed by atoms with Gasteiger partial charge in [-0.25, -0.2) is 0 Å². The van der Waals surface area contributed by atoms with Crippen molar-refractivity contribution in [3.8, 4) is 0 Å². The maximum Gasteiger partial charge on any atom is 0.283 e. The zero-order valence-corrected chi connectivity index (χ0v) is 16.8. The number of rotatable bonds is 5. The number of nitro groups is 1. The van der Waals surface area contributed by atoms with Gasteiger partial charge in [-0.05, 0) is 49.7 Å². The van der Waals surface area contributed by atoms with Crippen LogP contribution in [0, 0.1) is 17.0 Å². The number of carbonyl (C=O) groups is 1. The van der Waals surface area contributed by atoms with Crippen LogP contribution in [0.4, 0.5) is 11.4 Å². The highest BCUT2D eigenvalue weighted by Gasteiger charge is 2.20. The highest BCUT2D eigenvalue weighted by atomic mass is 32.2. The number of benzene rings is 2. The zero-order chi connectivity index (χ0) is 21.2. The van der Waals surface area contributed by atoms with Crippen molar-refractivity contribution in [1.29, 1.82) is 0 Å². The lowest BCUT2D eigenvalue weighted by atomic mass is 10.1. The predicted molar refractivity (Wildman–Crippen MR) is 109 cm³/mol. The summed E-state index contributed by atoms with van der Waals surface area (Å²) in [6.07, 6.45) is 1.50. The first-order valence-corrected chi connectivity index (χ1v) is 10.3. The van der Waals surface area contributed by atoms with Crippen molar-refractivity contribution in [3.05, 3.63) is 63.7 Å². The molecule has 1 fully saturated rings. The van der Waals surface area contributed by atoms with Crippen molar-refractivity contribution in [3.63, 3.8) is 0 Å². The number of sulfonamides is 1. The van der Waals surface area contributed by atoms with E-state index >= 15 is 0 Å². The SMILES string of the molecule is Cc1cc(C(=O)Nc2ccc(S(=O)(=O)N=C3CCCN3C)cc2)ccc1[N+](=O)[O-]. The lowest BCUT2D eigenvalue weighted by Gasteiger charge is -2.11. The Balaban J connectivity index is 1.74. The van der Waals surface area contributed by atoms with Crippen LogP contribution in [0.2, 0.25) is 0 Å². The molecule has 10 heteroatoms. The number of amides is 1. The molecule has 1 saturated heterocycles. The molecule has 0 atom stereocenters. The molecule has 9 nitrogen and oxygen atoms in total. The number of anilines is 1. The monoisotopic (exact) mass is 416 g/mol. The summed E-state index contributed by atoms with van der Waals surface area (Å²) in [6, 6.07) is 9.78. The molecule has 0 bridgehead atoms. The molecular weight excluding hydrogens is 396 g/mol. The van der Waals surface area contributed by atoms with Crippen LogP contribution in [0.15, 0.2) is 51.8 Å². The van der Waals surface area contributed by atoms with Gasteiger partial charge in [0.25, 0.3) is 21.6 Å². The van der Waals surface area contributed by atoms with Crippen LogP contribution >= 0.6 is 0 Å². The lowest BCUT2D eigenvalue weighted by molar-refractivity contribution is -0.385. The highest BCUT2D eigenvalue weighted by molar-refractivity contribution is 7.90. The Bertz CT molecular complexity index is 1090. The fourth-order valence-electron chi connectivity index (χ4n) is 3.02. The van der Waals surface area contributed by atoms with Crippen LogP contribution in [0.25, 0.3) is 0 Å². The molecule has 1 amide bonds. The molecule has 152 valence electrons. The number of nitro benzene ring substituents is 1. The van der Waals surface area contributed by atoms with E-state index in [-0.39, 0.29) is 16.1 Å². The average Bonchev–Trinajstić information content (AvgIpc) is 3.05. The van der Waals surface area contributed by atoms with Gasteiger partial charge < -0.3 is 10.2 Å². The number of nitrogens with one attached hydrogen (secondary N) is 1. The van der Waals surface area contributed by atoms with E-state index in [9.17, 15) is 23.3 Å². The summed E-state index contributed by atoms with van der Waals surface area (Å²) in [5, 5.41) is 13.5. The molecule has 0 aliphatic carbocycles. The normalized spacial score (nSPS) is 15.5. The quantitative estimate of drug-likeness (QED) is 0.591. The van der Waals surface area contributed by atoms with Crippen LogP contribution in [0.5, 0.6) is 0 Å². The second-order valence-electron chi connectivity index (χ2n) is 6.74. The standard InChI is InChI=1S/C19H20N4O5S/c1-13-12-14(5-10-17(13)23(25)26)19(24)20-15-6-8-16(9-7-15)29(27,28)21-18-4-3-11-22(18)2/h5-10,12H,3-4,11H2,1-2H3,(H,20,24). The maximum absolute atomic E-state index is 12.5. The number of carbonyl (C=O) groups excluding carboxylic acids is 1. The van der Waals surface area contributed by atoms with Crippen LogP contribution in [0.1, 0.15) is 28.8 Å². The first-order valence-electron chi connectivity index (χ1n) is 8.89. The summed E-state index contributed by atoms with van der Waals surface area (Å²) in [4.78, 5) is 24.6. The fraction of sp³-hybridized carbons (Fsp3) is 0.263. The number of likely N-dealkylation sites (tertiary alicyclic amines) is 1. The Morgan fingerprint density at radius 1 is 1.21 bits per heavy atom. The Labute approximate surface area is 168 Å². The van der Waals surface area contributed by atoms with E-state index in [2.05, 4.69) is 9.71 Å². The van der Waals surface area contributed by atoms with E-state index in [1.54, 1.807) is 14.0 Å². The van der Waals surface area contributed by atoms with E-state index in [0.29, 0.717) is 23.5 Å². The molecule has 0 radical (unpaired) electrons. The Morgan fingerprint density at radius 2 is 1.90 bits per heavy atom. The second-order valence-corrected chi connectivity index (χ2v) is 8.35. The van der Waals surface area contributed by atoms with Crippen molar-refractivity contribution in [2.75, 3.05) is 18.9 Å². The summed E-state index contributed by atoms with van der Waals surface area (Å²) in [5.41, 5.74) is 0.974. The lowest BCUT2D eigenvalue weighted by Crippen LogP contribution is -2.20. The molecule has 0 unspecified atom stereocenters. The molecule has 29 heavy (non-hydrogen) atoms. The van der Waals surface area contributed by atoms with E-state index in [0.717, 1.165) is 13.0 Å². The Kier molecular flexibility index (Phi) is 5.64. The van der Waals surface area contributed by atoms with E-state index in [4.69, 9.17) is 0 Å². The third-order valence-corrected chi connectivity index (χ3v) is 5.94. The molecule has 1 heterocycles. The number of nitrogens with zero attached hydrogens (tertiary/aromatic N) is 3. The van der Waals surface area contributed by atoms with Crippen molar-refractivity contribution >= 4 is 33.1 Å². The third-order valence-electron chi connectivity index (χ3n) is 4.63. The van der Waals surface area contributed by atoms with E-state index in [1.807, 2.05) is 4.90 Å². The van der Waals surface area contributed by atoms with Gasteiger partial charge in [-0.2, -0.15) is 8.42 Å². The van der Waals surface area contributed by atoms with Crippen LogP contribution in [-0.4, -0.2) is 43.6 Å². The number of amidine groups is 1. The molecule has 2 aromatic carbocycles. The smallest absolute Gasteiger partial charge is 0.283 e. The van der Waals surface area contributed by atoms with Crippen LogP contribution in [-0.2, 0) is 10.0 Å². The molecule has 2 aromatic rings. The largest absolute Gasteiger partial charge is 0.362 e. The van der Waals surface area contributed by atoms with Gasteiger partial charge in [-0.15, -0.1) is 4.40 Å². The number of aryl methyl sites for hydroxylation is 1. The summed E-state index contributed by atoms with van der Waals surface area (Å²) < 4.78 is 28.8. The van der Waals surface area contributed by atoms with Crippen molar-refractivity contribution < 1.29 is 18.1 Å². The van der Waals surface area contributed by atoms with Gasteiger partial charge >= 0.3 is 0 Å². The van der Waals surface area contributed by atoms with Crippen molar-refractivity contribution in [1.82, 2.24) is 4.90 Å². The van der Waals surface area contributed by atoms with Crippen LogP contribution in [0.3, 0.4) is 0 Å². The molecule has 0 saturated carbocycles. The van der Waals surface area contributed by atoms with E-state index in [1.165, 1.54) is 42.5 Å². The van der Waals surface area contributed by atoms with Gasteiger partial charge in [-0.1, -0.05) is 0 Å². The molecule has 3 rings (SSSR count). The van der Waals surface area contributed by atoms with Gasteiger partial charge in [0.15, 0.2) is 0 Å². The van der Waals surface area contributed by atoms with Gasteiger partial charge in [0, 0.05) is 42.9 Å². The predicted octanol–water partition coefficient (Wildman–Crippen LogP) is 2.97.